The van der Waals surface area contributed by atoms with Crippen molar-refractivity contribution >= 4 is 15.9 Å². The summed E-state index contributed by atoms with van der Waals surface area (Å²) < 4.78 is 0. The van der Waals surface area contributed by atoms with E-state index >= 15 is 0 Å². The van der Waals surface area contributed by atoms with Crippen LogP contribution in [-0.2, 0) is 0 Å². The van der Waals surface area contributed by atoms with Gasteiger partial charge in [-0.05, 0) is 35.8 Å². The molecule has 2 atom stereocenters. The van der Waals surface area contributed by atoms with Crippen LogP contribution in [0.2, 0.25) is 0 Å². The van der Waals surface area contributed by atoms with Crippen LogP contribution in [-0.4, -0.2) is 4.83 Å². The van der Waals surface area contributed by atoms with Gasteiger partial charge >= 0.3 is 0 Å². The van der Waals surface area contributed by atoms with E-state index in [0.717, 1.165) is 5.92 Å². The fraction of sp³-hybridized carbons (Fsp3) is 0.571. The van der Waals surface area contributed by atoms with Crippen molar-refractivity contribution in [3.05, 3.63) is 35.4 Å². The van der Waals surface area contributed by atoms with E-state index in [-0.39, 0.29) is 0 Å². The summed E-state index contributed by atoms with van der Waals surface area (Å²) in [6.45, 7) is 4.51. The molecule has 15 heavy (non-hydrogen) atoms. The number of rotatable bonds is 3. The zero-order valence-corrected chi connectivity index (χ0v) is 11.1. The van der Waals surface area contributed by atoms with E-state index in [4.69, 9.17) is 0 Å². The van der Waals surface area contributed by atoms with Crippen LogP contribution in [0.5, 0.6) is 0 Å². The van der Waals surface area contributed by atoms with Gasteiger partial charge in [-0.2, -0.15) is 0 Å². The van der Waals surface area contributed by atoms with Gasteiger partial charge in [0.15, 0.2) is 0 Å². The molecule has 0 aromatic heterocycles. The Morgan fingerprint density at radius 3 is 2.53 bits per heavy atom. The molecule has 0 nitrogen and oxygen atoms in total. The van der Waals surface area contributed by atoms with Crippen LogP contribution in [0.3, 0.4) is 0 Å². The normalized spacial score (nSPS) is 20.7. The lowest BCUT2D eigenvalue weighted by Crippen LogP contribution is -2.10. The Morgan fingerprint density at radius 1 is 1.27 bits per heavy atom. The third-order valence-corrected chi connectivity index (χ3v) is 4.50. The number of hydrogen-bond donors (Lipinski definition) is 0. The second-order valence-corrected chi connectivity index (χ2v) is 6.21. The predicted molar refractivity (Wildman–Crippen MR) is 69.8 cm³/mol. The molecule has 82 valence electrons. The molecule has 0 amide bonds. The van der Waals surface area contributed by atoms with Gasteiger partial charge in [0.2, 0.25) is 0 Å². The van der Waals surface area contributed by atoms with E-state index in [1.165, 1.54) is 24.8 Å². The van der Waals surface area contributed by atoms with Gasteiger partial charge in [0.25, 0.3) is 0 Å². The number of benzene rings is 1. The van der Waals surface area contributed by atoms with E-state index in [1.807, 2.05) is 0 Å². The van der Waals surface area contributed by atoms with Gasteiger partial charge in [-0.3, -0.25) is 0 Å². The van der Waals surface area contributed by atoms with E-state index in [0.29, 0.717) is 10.7 Å². The molecule has 1 aromatic carbocycles. The summed E-state index contributed by atoms with van der Waals surface area (Å²) in [5.41, 5.74) is 3.03. The maximum Gasteiger partial charge on any atom is 0.0183 e. The van der Waals surface area contributed by atoms with E-state index in [2.05, 4.69) is 54.0 Å². The van der Waals surface area contributed by atoms with Gasteiger partial charge in [-0.25, -0.2) is 0 Å². The first-order valence-corrected chi connectivity index (χ1v) is 6.84. The van der Waals surface area contributed by atoms with Crippen LogP contribution >= 0.6 is 15.9 Å². The molecule has 1 fully saturated rings. The summed E-state index contributed by atoms with van der Waals surface area (Å²) in [5, 5.41) is 0. The summed E-state index contributed by atoms with van der Waals surface area (Å²) in [6, 6.07) is 9.17. The summed E-state index contributed by atoms with van der Waals surface area (Å²) in [5.74, 6) is 1.45. The quantitative estimate of drug-likeness (QED) is 0.687. The summed E-state index contributed by atoms with van der Waals surface area (Å²) in [7, 11) is 0. The van der Waals surface area contributed by atoms with Crippen LogP contribution in [0.15, 0.2) is 24.3 Å². The minimum Gasteiger partial charge on any atom is -0.0887 e. The zero-order chi connectivity index (χ0) is 10.8. The Bertz CT molecular complexity index is 326. The van der Waals surface area contributed by atoms with Crippen molar-refractivity contribution in [2.75, 3.05) is 0 Å². The van der Waals surface area contributed by atoms with Crippen molar-refractivity contribution in [3.63, 3.8) is 0 Å². The zero-order valence-electron chi connectivity index (χ0n) is 9.54. The topological polar surface area (TPSA) is 0 Å². The van der Waals surface area contributed by atoms with Crippen LogP contribution < -0.4 is 0 Å². The van der Waals surface area contributed by atoms with E-state index in [9.17, 15) is 0 Å². The molecule has 0 heterocycles. The van der Waals surface area contributed by atoms with E-state index < -0.39 is 0 Å². The minimum atomic E-state index is 0.550. The molecule has 1 aliphatic rings. The molecule has 1 aliphatic carbocycles. The molecule has 1 heteroatoms. The average Bonchev–Trinajstić information content (AvgIpc) is 2.14. The molecule has 0 bridgehead atoms. The Labute approximate surface area is 101 Å². The molecule has 0 spiro atoms. The predicted octanol–water partition coefficient (Wildman–Crippen LogP) is 4.84. The first kappa shape index (κ1) is 11.2. The Kier molecular flexibility index (Phi) is 3.50. The smallest absolute Gasteiger partial charge is 0.0183 e. The minimum absolute atomic E-state index is 0.550. The van der Waals surface area contributed by atoms with Gasteiger partial charge < -0.3 is 0 Å². The van der Waals surface area contributed by atoms with Crippen LogP contribution in [0.1, 0.15) is 56.1 Å². The van der Waals surface area contributed by atoms with Crippen molar-refractivity contribution < 1.29 is 0 Å². The third-order valence-electron chi connectivity index (χ3n) is 3.70. The van der Waals surface area contributed by atoms with Crippen LogP contribution in [0.25, 0.3) is 0 Å². The number of halogens is 1. The lowest BCUT2D eigenvalue weighted by molar-refractivity contribution is 0.419. The Balaban J connectivity index is 2.18. The molecular weight excluding hydrogens is 248 g/mol. The highest BCUT2D eigenvalue weighted by atomic mass is 79.9. The third kappa shape index (κ3) is 2.44. The molecule has 0 saturated heterocycles. The largest absolute Gasteiger partial charge is 0.0887 e. The van der Waals surface area contributed by atoms with Gasteiger partial charge in [0.1, 0.15) is 0 Å². The van der Waals surface area contributed by atoms with Crippen LogP contribution in [0.4, 0.5) is 0 Å². The molecular formula is C14H19Br. The number of alkyl halides is 1. The molecule has 0 aliphatic heterocycles. The van der Waals surface area contributed by atoms with E-state index in [1.54, 1.807) is 5.56 Å². The first-order chi connectivity index (χ1) is 7.18. The maximum absolute atomic E-state index is 3.67. The summed E-state index contributed by atoms with van der Waals surface area (Å²) in [6.07, 6.45) is 4.20. The summed E-state index contributed by atoms with van der Waals surface area (Å²) >= 11 is 3.67. The second-order valence-electron chi connectivity index (χ2n) is 4.76. The standard InChI is InChI=1S/C14H19Br/c1-10(11(2)15)13-7-4-8-14(9-13)12-5-3-6-12/h4,7-12H,3,5-6H2,1-2H3. The maximum atomic E-state index is 3.67. The van der Waals surface area contributed by atoms with Crippen molar-refractivity contribution in [2.24, 2.45) is 0 Å². The molecule has 2 rings (SSSR count). The van der Waals surface area contributed by atoms with Gasteiger partial charge in [0, 0.05) is 4.83 Å². The Morgan fingerprint density at radius 2 is 2.00 bits per heavy atom. The molecule has 0 N–H and O–H groups in total. The van der Waals surface area contributed by atoms with Crippen LogP contribution in [0, 0.1) is 0 Å². The lowest BCUT2D eigenvalue weighted by atomic mass is 9.79. The molecule has 1 aromatic rings. The van der Waals surface area contributed by atoms with Crippen molar-refractivity contribution in [1.29, 1.82) is 0 Å². The lowest BCUT2D eigenvalue weighted by Gasteiger charge is -2.27. The summed E-state index contributed by atoms with van der Waals surface area (Å²) in [4.78, 5) is 0.550. The highest BCUT2D eigenvalue weighted by Gasteiger charge is 2.20. The van der Waals surface area contributed by atoms with Gasteiger partial charge in [0.05, 0.1) is 0 Å². The molecule has 2 unspecified atom stereocenters. The molecule has 1 saturated carbocycles. The fourth-order valence-corrected chi connectivity index (χ4v) is 2.41. The van der Waals surface area contributed by atoms with Crippen molar-refractivity contribution in [3.8, 4) is 0 Å². The highest BCUT2D eigenvalue weighted by Crippen LogP contribution is 2.37. The second kappa shape index (κ2) is 4.69. The SMILES string of the molecule is CC(Br)C(C)c1cccc(C2CCC2)c1. The van der Waals surface area contributed by atoms with Crippen molar-refractivity contribution in [2.45, 2.75) is 49.8 Å². The Hall–Kier alpha value is -0.300. The van der Waals surface area contributed by atoms with Crippen molar-refractivity contribution in [1.82, 2.24) is 0 Å². The molecule has 0 radical (unpaired) electrons. The number of hydrogen-bond acceptors (Lipinski definition) is 0. The van der Waals surface area contributed by atoms with Gasteiger partial charge in [-0.1, -0.05) is 60.5 Å². The average molecular weight is 267 g/mol. The highest BCUT2D eigenvalue weighted by molar-refractivity contribution is 9.09. The first-order valence-electron chi connectivity index (χ1n) is 5.92. The van der Waals surface area contributed by atoms with Gasteiger partial charge in [-0.15, -0.1) is 0 Å². The monoisotopic (exact) mass is 266 g/mol. The fourth-order valence-electron chi connectivity index (χ4n) is 2.10.